The van der Waals surface area contributed by atoms with E-state index in [4.69, 9.17) is 16.3 Å². The predicted molar refractivity (Wildman–Crippen MR) is 153 cm³/mol. The summed E-state index contributed by atoms with van der Waals surface area (Å²) in [5, 5.41) is 3.02. The molecule has 3 aromatic rings. The van der Waals surface area contributed by atoms with E-state index in [2.05, 4.69) is 5.32 Å². The number of nitrogens with one attached hydrogen (secondary N) is 1. The molecule has 214 valence electrons. The first kappa shape index (κ1) is 30.9. The number of anilines is 1. The average molecular weight is 590 g/mol. The average Bonchev–Trinajstić information content (AvgIpc) is 2.95. The van der Waals surface area contributed by atoms with Crippen LogP contribution in [0.2, 0.25) is 5.02 Å². The number of amides is 2. The van der Waals surface area contributed by atoms with Gasteiger partial charge in [-0.15, -0.1) is 0 Å². The van der Waals surface area contributed by atoms with Gasteiger partial charge in [0.15, 0.2) is 0 Å². The van der Waals surface area contributed by atoms with Crippen molar-refractivity contribution in [2.24, 2.45) is 0 Å². The van der Waals surface area contributed by atoms with E-state index in [9.17, 15) is 22.4 Å². The molecule has 0 aromatic heterocycles. The number of rotatable bonds is 13. The van der Waals surface area contributed by atoms with Crippen molar-refractivity contribution in [3.05, 3.63) is 89.2 Å². The summed E-state index contributed by atoms with van der Waals surface area (Å²) in [5.74, 6) is -1.54. The van der Waals surface area contributed by atoms with Crippen molar-refractivity contribution >= 4 is 39.1 Å². The number of carbonyl (C=O) groups excluding carboxylic acids is 2. The summed E-state index contributed by atoms with van der Waals surface area (Å²) in [4.78, 5) is 28.0. The largest absolute Gasteiger partial charge is 0.495 e. The second-order valence-electron chi connectivity index (χ2n) is 9.07. The minimum atomic E-state index is -4.30. The zero-order valence-electron chi connectivity index (χ0n) is 22.6. The summed E-state index contributed by atoms with van der Waals surface area (Å²) in [6.07, 6.45) is 1.61. The molecule has 0 aliphatic carbocycles. The predicted octanol–water partition coefficient (Wildman–Crippen LogP) is 5.02. The number of carbonyl (C=O) groups is 2. The maximum absolute atomic E-state index is 14.6. The highest BCUT2D eigenvalue weighted by molar-refractivity contribution is 7.92. The summed E-state index contributed by atoms with van der Waals surface area (Å²) in [6, 6.07) is 16.9. The van der Waals surface area contributed by atoms with Gasteiger partial charge in [-0.2, -0.15) is 0 Å². The first-order valence-electron chi connectivity index (χ1n) is 12.8. The van der Waals surface area contributed by atoms with Crippen LogP contribution >= 0.6 is 11.6 Å². The van der Waals surface area contributed by atoms with Gasteiger partial charge >= 0.3 is 0 Å². The number of nitrogens with zero attached hydrogens (tertiary/aromatic N) is 2. The first-order chi connectivity index (χ1) is 19.1. The van der Waals surface area contributed by atoms with Crippen LogP contribution in [-0.4, -0.2) is 51.4 Å². The Balaban J connectivity index is 2.07. The third-order valence-electron chi connectivity index (χ3n) is 6.32. The van der Waals surface area contributed by atoms with Gasteiger partial charge in [-0.05, 0) is 49.7 Å². The number of methoxy groups -OCH3 is 1. The van der Waals surface area contributed by atoms with Gasteiger partial charge in [0.05, 0.1) is 17.7 Å². The Hall–Kier alpha value is -3.63. The van der Waals surface area contributed by atoms with Gasteiger partial charge in [0.1, 0.15) is 24.2 Å². The molecule has 0 heterocycles. The number of sulfonamides is 1. The fraction of sp³-hybridized carbons (Fsp3) is 0.310. The van der Waals surface area contributed by atoms with E-state index in [-0.39, 0.29) is 33.5 Å². The Kier molecular flexibility index (Phi) is 10.9. The maximum atomic E-state index is 14.6. The maximum Gasteiger partial charge on any atom is 0.264 e. The molecule has 1 atom stereocenters. The highest BCUT2D eigenvalue weighted by Crippen LogP contribution is 2.35. The van der Waals surface area contributed by atoms with Crippen LogP contribution in [0.5, 0.6) is 5.75 Å². The van der Waals surface area contributed by atoms with E-state index >= 15 is 0 Å². The van der Waals surface area contributed by atoms with Crippen molar-refractivity contribution in [1.29, 1.82) is 0 Å². The lowest BCUT2D eigenvalue weighted by Gasteiger charge is -2.32. The van der Waals surface area contributed by atoms with Gasteiger partial charge in [-0.25, -0.2) is 12.8 Å². The summed E-state index contributed by atoms with van der Waals surface area (Å²) in [7, 11) is -2.93. The number of unbranched alkanes of at least 4 members (excludes halogenated alkanes) is 1. The number of ether oxygens (including phenoxy) is 1. The Morgan fingerprint density at radius 3 is 2.38 bits per heavy atom. The zero-order valence-corrected chi connectivity index (χ0v) is 24.2. The molecule has 1 N–H and O–H groups in total. The van der Waals surface area contributed by atoms with E-state index in [1.54, 1.807) is 24.3 Å². The molecule has 2 amide bonds. The van der Waals surface area contributed by atoms with Gasteiger partial charge in [0, 0.05) is 23.7 Å². The summed E-state index contributed by atoms with van der Waals surface area (Å²) < 4.78 is 48.7. The normalized spacial score (nSPS) is 11.9. The van der Waals surface area contributed by atoms with Crippen molar-refractivity contribution in [2.45, 2.75) is 44.2 Å². The minimum absolute atomic E-state index is 0.0399. The topological polar surface area (TPSA) is 96.0 Å². The molecule has 0 saturated heterocycles. The highest BCUT2D eigenvalue weighted by Gasteiger charge is 2.34. The van der Waals surface area contributed by atoms with Crippen LogP contribution in [0.25, 0.3) is 0 Å². The lowest BCUT2D eigenvalue weighted by molar-refractivity contribution is -0.139. The molecular weight excluding hydrogens is 557 g/mol. The molecule has 0 unspecified atom stereocenters. The molecule has 0 bridgehead atoms. The molecular formula is C29H33ClFN3O5S. The molecule has 11 heteroatoms. The monoisotopic (exact) mass is 589 g/mol. The Bertz CT molecular complexity index is 1420. The molecule has 0 saturated carbocycles. The van der Waals surface area contributed by atoms with Crippen molar-refractivity contribution in [2.75, 3.05) is 24.5 Å². The summed E-state index contributed by atoms with van der Waals surface area (Å²) in [5.41, 5.74) is 0.222. The third kappa shape index (κ3) is 7.51. The SMILES string of the molecule is CCCCNC(=O)[C@@H](C)N(Cc1ccccc1F)C(=O)CN(c1cc(Cl)ccc1OC)S(=O)(=O)c1ccccc1. The Labute approximate surface area is 239 Å². The van der Waals surface area contributed by atoms with E-state index in [1.807, 2.05) is 6.92 Å². The Morgan fingerprint density at radius 2 is 1.73 bits per heavy atom. The van der Waals surface area contributed by atoms with Crippen molar-refractivity contribution in [3.8, 4) is 5.75 Å². The summed E-state index contributed by atoms with van der Waals surface area (Å²) in [6.45, 7) is 2.97. The van der Waals surface area contributed by atoms with Crippen LogP contribution in [-0.2, 0) is 26.2 Å². The van der Waals surface area contributed by atoms with Crippen LogP contribution in [0.4, 0.5) is 10.1 Å². The quantitative estimate of drug-likeness (QED) is 0.283. The van der Waals surface area contributed by atoms with Crippen molar-refractivity contribution in [3.63, 3.8) is 0 Å². The zero-order chi connectivity index (χ0) is 29.3. The minimum Gasteiger partial charge on any atom is -0.495 e. The molecule has 0 radical (unpaired) electrons. The second-order valence-corrected chi connectivity index (χ2v) is 11.4. The van der Waals surface area contributed by atoms with Gasteiger partial charge in [-0.1, -0.05) is 61.3 Å². The molecule has 0 spiro atoms. The fourth-order valence-corrected chi connectivity index (χ4v) is 5.62. The van der Waals surface area contributed by atoms with Gasteiger partial charge < -0.3 is 15.0 Å². The van der Waals surface area contributed by atoms with Gasteiger partial charge in [0.2, 0.25) is 11.8 Å². The van der Waals surface area contributed by atoms with Gasteiger partial charge in [0.25, 0.3) is 10.0 Å². The molecule has 40 heavy (non-hydrogen) atoms. The molecule has 3 rings (SSSR count). The van der Waals surface area contributed by atoms with E-state index in [0.717, 1.165) is 17.1 Å². The van der Waals surface area contributed by atoms with Crippen LogP contribution in [0, 0.1) is 5.82 Å². The molecule has 0 aliphatic heterocycles. The first-order valence-corrected chi connectivity index (χ1v) is 14.6. The lowest BCUT2D eigenvalue weighted by atomic mass is 10.1. The smallest absolute Gasteiger partial charge is 0.264 e. The van der Waals surface area contributed by atoms with E-state index < -0.39 is 40.2 Å². The van der Waals surface area contributed by atoms with E-state index in [0.29, 0.717) is 6.54 Å². The van der Waals surface area contributed by atoms with E-state index in [1.165, 1.54) is 67.5 Å². The van der Waals surface area contributed by atoms with Gasteiger partial charge in [-0.3, -0.25) is 13.9 Å². The summed E-state index contributed by atoms with van der Waals surface area (Å²) >= 11 is 6.22. The number of benzene rings is 3. The van der Waals surface area contributed by atoms with Crippen LogP contribution in [0.1, 0.15) is 32.3 Å². The second kappa shape index (κ2) is 14.1. The fourth-order valence-electron chi connectivity index (χ4n) is 4.02. The highest BCUT2D eigenvalue weighted by atomic mass is 35.5. The van der Waals surface area contributed by atoms with Crippen LogP contribution in [0.15, 0.2) is 77.7 Å². The molecule has 8 nitrogen and oxygen atoms in total. The molecule has 0 aliphatic rings. The third-order valence-corrected chi connectivity index (χ3v) is 8.32. The standard InChI is InChI=1S/C29H33ClFN3O5S/c1-4-5-17-32-29(36)21(2)33(19-22-11-9-10-14-25(22)31)28(35)20-34(26-18-23(30)15-16-27(26)39-3)40(37,38)24-12-7-6-8-13-24/h6-16,18,21H,4-5,17,19-20H2,1-3H3,(H,32,36)/t21-/m1/s1. The van der Waals surface area contributed by atoms with Crippen LogP contribution < -0.4 is 14.4 Å². The lowest BCUT2D eigenvalue weighted by Crippen LogP contribution is -2.51. The molecule has 3 aromatic carbocycles. The van der Waals surface area contributed by atoms with Crippen molar-refractivity contribution < 1.29 is 27.1 Å². The molecule has 0 fully saturated rings. The Morgan fingerprint density at radius 1 is 1.05 bits per heavy atom. The van der Waals surface area contributed by atoms with Crippen molar-refractivity contribution in [1.82, 2.24) is 10.2 Å². The van der Waals surface area contributed by atoms with Crippen LogP contribution in [0.3, 0.4) is 0 Å². The number of halogens is 2. The number of hydrogen-bond acceptors (Lipinski definition) is 5. The number of hydrogen-bond donors (Lipinski definition) is 1.